The summed E-state index contributed by atoms with van der Waals surface area (Å²) in [5.74, 6) is 1.85. The summed E-state index contributed by atoms with van der Waals surface area (Å²) in [5, 5.41) is 0. The summed E-state index contributed by atoms with van der Waals surface area (Å²) in [5.41, 5.74) is 16.5. The average Bonchev–Trinajstić information content (AvgIpc) is 3.45. The third kappa shape index (κ3) is 3.65. The van der Waals surface area contributed by atoms with E-state index in [-0.39, 0.29) is 5.41 Å². The molecule has 0 bridgehead atoms. The molecule has 40 heavy (non-hydrogen) atoms. The lowest BCUT2D eigenvalue weighted by Gasteiger charge is -2.24. The van der Waals surface area contributed by atoms with Crippen LogP contribution in [-0.2, 0) is 18.3 Å². The highest BCUT2D eigenvalue weighted by molar-refractivity contribution is 5.89. The Kier molecular flexibility index (Phi) is 5.82. The lowest BCUT2D eigenvalue weighted by molar-refractivity contribution is 0.653. The molecule has 1 aromatic heterocycles. The molecule has 0 radical (unpaired) electrons. The second-order valence-corrected chi connectivity index (χ2v) is 13.1. The van der Waals surface area contributed by atoms with E-state index in [0.717, 1.165) is 11.3 Å². The molecule has 0 spiro atoms. The fourth-order valence-electron chi connectivity index (χ4n) is 7.45. The third-order valence-electron chi connectivity index (χ3n) is 9.55. The predicted octanol–water partition coefficient (Wildman–Crippen LogP) is 10.1. The van der Waals surface area contributed by atoms with Gasteiger partial charge >= 0.3 is 0 Å². The number of para-hydroxylation sites is 3. The predicted molar refractivity (Wildman–Crippen MR) is 169 cm³/mol. The maximum Gasteiger partial charge on any atom is 0.145 e. The van der Waals surface area contributed by atoms with Crippen molar-refractivity contribution in [3.8, 4) is 28.2 Å². The number of imidazole rings is 1. The summed E-state index contributed by atoms with van der Waals surface area (Å²) in [6.45, 7) is 14.0. The van der Waals surface area contributed by atoms with Gasteiger partial charge < -0.3 is 0 Å². The molecule has 2 heteroatoms. The zero-order valence-corrected chi connectivity index (χ0v) is 24.8. The minimum Gasteiger partial charge on any atom is -0.292 e. The SMILES string of the molecule is CC(C)c1cccc(C(C)C)c1-n1c(-c2ccc3c(c2)-c2c(ccc4c2CCCC4)C3(C)C)nc2ccccc21. The quantitative estimate of drug-likeness (QED) is 0.229. The van der Waals surface area contributed by atoms with Crippen molar-refractivity contribution in [3.05, 3.63) is 106 Å². The van der Waals surface area contributed by atoms with E-state index in [1.165, 1.54) is 75.8 Å². The van der Waals surface area contributed by atoms with Crippen LogP contribution in [0.3, 0.4) is 0 Å². The maximum absolute atomic E-state index is 5.33. The number of fused-ring (bicyclic) bond motifs is 6. The first-order chi connectivity index (χ1) is 19.3. The molecule has 0 aliphatic heterocycles. The molecule has 2 nitrogen and oxygen atoms in total. The normalized spacial score (nSPS) is 15.5. The monoisotopic (exact) mass is 524 g/mol. The van der Waals surface area contributed by atoms with Crippen LogP contribution in [0, 0.1) is 0 Å². The van der Waals surface area contributed by atoms with Gasteiger partial charge in [0.05, 0.1) is 16.7 Å². The molecule has 2 aliphatic rings. The van der Waals surface area contributed by atoms with E-state index in [9.17, 15) is 0 Å². The Morgan fingerprint density at radius 1 is 0.750 bits per heavy atom. The third-order valence-corrected chi connectivity index (χ3v) is 9.55. The molecule has 1 heterocycles. The molecule has 0 saturated heterocycles. The number of aryl methyl sites for hydroxylation is 1. The van der Waals surface area contributed by atoms with Gasteiger partial charge in [-0.15, -0.1) is 0 Å². The number of hydrogen-bond acceptors (Lipinski definition) is 1. The van der Waals surface area contributed by atoms with Crippen molar-refractivity contribution in [1.29, 1.82) is 0 Å². The fraction of sp³-hybridized carbons (Fsp3) is 0.342. The summed E-state index contributed by atoms with van der Waals surface area (Å²) in [6, 6.07) is 27.5. The number of hydrogen-bond donors (Lipinski definition) is 0. The van der Waals surface area contributed by atoms with E-state index in [0.29, 0.717) is 11.8 Å². The van der Waals surface area contributed by atoms with Crippen LogP contribution >= 0.6 is 0 Å². The largest absolute Gasteiger partial charge is 0.292 e. The van der Waals surface area contributed by atoms with Gasteiger partial charge in [0, 0.05) is 11.0 Å². The van der Waals surface area contributed by atoms with E-state index in [1.807, 2.05) is 0 Å². The summed E-state index contributed by atoms with van der Waals surface area (Å²) < 4.78 is 2.46. The summed E-state index contributed by atoms with van der Waals surface area (Å²) in [4.78, 5) is 5.33. The van der Waals surface area contributed by atoms with Crippen LogP contribution < -0.4 is 0 Å². The van der Waals surface area contributed by atoms with E-state index >= 15 is 0 Å². The standard InChI is InChI=1S/C38H40N2/c1-23(2)27-14-11-15-28(24(3)4)36(27)40-34-17-10-9-16-33(34)39-37(40)26-19-20-31-30(22-26)35-29-13-8-7-12-25(29)18-21-32(35)38(31,5)6/h9-11,14-24H,7-8,12-13H2,1-6H3. The maximum atomic E-state index is 5.33. The second-order valence-electron chi connectivity index (χ2n) is 13.1. The molecule has 0 N–H and O–H groups in total. The molecule has 0 unspecified atom stereocenters. The summed E-state index contributed by atoms with van der Waals surface area (Å²) in [7, 11) is 0. The lowest BCUT2D eigenvalue weighted by atomic mass is 9.80. The Bertz CT molecular complexity index is 1750. The van der Waals surface area contributed by atoms with Crippen LogP contribution in [0.5, 0.6) is 0 Å². The zero-order chi connectivity index (χ0) is 27.8. The highest BCUT2D eigenvalue weighted by Gasteiger charge is 2.38. The lowest BCUT2D eigenvalue weighted by Crippen LogP contribution is -2.15. The Morgan fingerprint density at radius 3 is 2.20 bits per heavy atom. The number of rotatable bonds is 4. The first-order valence-electron chi connectivity index (χ1n) is 15.2. The molecule has 0 saturated carbocycles. The number of aromatic nitrogens is 2. The van der Waals surface area contributed by atoms with Crippen molar-refractivity contribution < 1.29 is 0 Å². The molecule has 0 amide bonds. The van der Waals surface area contributed by atoms with Gasteiger partial charge in [-0.05, 0) is 100 Å². The smallest absolute Gasteiger partial charge is 0.145 e. The van der Waals surface area contributed by atoms with E-state index in [1.54, 1.807) is 11.1 Å². The molecule has 5 aromatic rings. The van der Waals surface area contributed by atoms with E-state index in [2.05, 4.69) is 119 Å². The van der Waals surface area contributed by atoms with Gasteiger partial charge in [-0.25, -0.2) is 4.98 Å². The van der Waals surface area contributed by atoms with Crippen molar-refractivity contribution in [3.63, 3.8) is 0 Å². The van der Waals surface area contributed by atoms with Gasteiger partial charge in [-0.2, -0.15) is 0 Å². The molecular formula is C38H40N2. The van der Waals surface area contributed by atoms with Gasteiger partial charge in [0.2, 0.25) is 0 Å². The van der Waals surface area contributed by atoms with E-state index in [4.69, 9.17) is 4.98 Å². The highest BCUT2D eigenvalue weighted by atomic mass is 15.1. The van der Waals surface area contributed by atoms with Gasteiger partial charge in [0.15, 0.2) is 0 Å². The Balaban J connectivity index is 1.53. The average molecular weight is 525 g/mol. The Hall–Kier alpha value is -3.65. The Morgan fingerprint density at radius 2 is 1.45 bits per heavy atom. The molecule has 2 aliphatic carbocycles. The Labute approximate surface area is 239 Å². The van der Waals surface area contributed by atoms with Crippen LogP contribution in [0.15, 0.2) is 72.8 Å². The van der Waals surface area contributed by atoms with Crippen LogP contribution in [0.25, 0.3) is 39.2 Å². The van der Waals surface area contributed by atoms with Crippen molar-refractivity contribution in [2.24, 2.45) is 0 Å². The van der Waals surface area contributed by atoms with Crippen molar-refractivity contribution in [2.45, 2.75) is 84.5 Å². The van der Waals surface area contributed by atoms with Gasteiger partial charge in [0.25, 0.3) is 0 Å². The molecule has 0 fully saturated rings. The van der Waals surface area contributed by atoms with Gasteiger partial charge in [-0.1, -0.05) is 96.1 Å². The first kappa shape index (κ1) is 25.3. The van der Waals surface area contributed by atoms with Crippen molar-refractivity contribution in [1.82, 2.24) is 9.55 Å². The molecule has 0 atom stereocenters. The molecule has 202 valence electrons. The van der Waals surface area contributed by atoms with Gasteiger partial charge in [-0.3, -0.25) is 4.57 Å². The highest BCUT2D eigenvalue weighted by Crippen LogP contribution is 2.52. The minimum absolute atomic E-state index is 0.00483. The summed E-state index contributed by atoms with van der Waals surface area (Å²) >= 11 is 0. The minimum atomic E-state index is 0.00483. The van der Waals surface area contributed by atoms with Crippen molar-refractivity contribution in [2.75, 3.05) is 0 Å². The van der Waals surface area contributed by atoms with Crippen LogP contribution in [0.4, 0.5) is 0 Å². The van der Waals surface area contributed by atoms with Crippen LogP contribution in [0.1, 0.15) is 99.6 Å². The topological polar surface area (TPSA) is 17.8 Å². The second kappa shape index (κ2) is 9.20. The number of nitrogens with zero attached hydrogens (tertiary/aromatic N) is 2. The first-order valence-corrected chi connectivity index (χ1v) is 15.2. The molecular weight excluding hydrogens is 484 g/mol. The van der Waals surface area contributed by atoms with Gasteiger partial charge in [0.1, 0.15) is 5.82 Å². The molecule has 4 aromatic carbocycles. The fourth-order valence-corrected chi connectivity index (χ4v) is 7.45. The van der Waals surface area contributed by atoms with Crippen molar-refractivity contribution >= 4 is 11.0 Å². The van der Waals surface area contributed by atoms with E-state index < -0.39 is 0 Å². The number of benzene rings is 4. The zero-order valence-electron chi connectivity index (χ0n) is 24.8. The molecule has 7 rings (SSSR count). The van der Waals surface area contributed by atoms with Crippen LogP contribution in [0.2, 0.25) is 0 Å². The summed E-state index contributed by atoms with van der Waals surface area (Å²) in [6.07, 6.45) is 4.99. The van der Waals surface area contributed by atoms with Crippen LogP contribution in [-0.4, -0.2) is 9.55 Å².